The van der Waals surface area contributed by atoms with Gasteiger partial charge in [-0.3, -0.25) is 4.79 Å². The fourth-order valence-corrected chi connectivity index (χ4v) is 4.00. The average molecular weight is 411 g/mol. The zero-order valence-electron chi connectivity index (χ0n) is 16.8. The summed E-state index contributed by atoms with van der Waals surface area (Å²) in [5.41, 5.74) is 0.426. The van der Waals surface area contributed by atoms with E-state index < -0.39 is 6.61 Å². The van der Waals surface area contributed by atoms with E-state index in [9.17, 15) is 13.6 Å². The molecule has 0 saturated heterocycles. The molecule has 29 heavy (non-hydrogen) atoms. The van der Waals surface area contributed by atoms with Gasteiger partial charge in [-0.15, -0.1) is 0 Å². The van der Waals surface area contributed by atoms with Crippen molar-refractivity contribution >= 4 is 17.7 Å². The van der Waals surface area contributed by atoms with Crippen LogP contribution in [-0.4, -0.2) is 47.7 Å². The van der Waals surface area contributed by atoms with Crippen molar-refractivity contribution in [3.63, 3.8) is 0 Å². The van der Waals surface area contributed by atoms with Crippen molar-refractivity contribution in [3.8, 4) is 0 Å². The van der Waals surface area contributed by atoms with Gasteiger partial charge in [-0.25, -0.2) is 4.98 Å². The molecular weight excluding hydrogens is 380 g/mol. The molecule has 0 radical (unpaired) electrons. The van der Waals surface area contributed by atoms with Crippen LogP contribution in [0.3, 0.4) is 0 Å². The highest BCUT2D eigenvalue weighted by molar-refractivity contribution is 5.98. The monoisotopic (exact) mass is 411 g/mol. The summed E-state index contributed by atoms with van der Waals surface area (Å²) in [7, 11) is 0. The van der Waals surface area contributed by atoms with E-state index in [1.165, 1.54) is 19.0 Å². The topological polar surface area (TPSA) is 88.2 Å². The molecule has 0 aliphatic heterocycles. The summed E-state index contributed by atoms with van der Waals surface area (Å²) >= 11 is 0. The first-order valence-electron chi connectivity index (χ1n) is 10.7. The van der Waals surface area contributed by atoms with E-state index in [-0.39, 0.29) is 37.1 Å². The van der Waals surface area contributed by atoms with Crippen LogP contribution < -0.4 is 16.0 Å². The summed E-state index contributed by atoms with van der Waals surface area (Å²) in [6.45, 7) is -2.80. The summed E-state index contributed by atoms with van der Waals surface area (Å²) in [4.78, 5) is 21.5. The minimum Gasteiger partial charge on any atom is -0.367 e. The maximum absolute atomic E-state index is 12.9. The van der Waals surface area contributed by atoms with Crippen LogP contribution in [0.1, 0.15) is 74.6 Å². The Labute approximate surface area is 170 Å². The highest BCUT2D eigenvalue weighted by Gasteiger charge is 2.22. The molecule has 162 valence electrons. The smallest absolute Gasteiger partial charge is 0.345 e. The molecule has 1 aromatic rings. The third-order valence-electron chi connectivity index (χ3n) is 5.55. The number of rotatable bonds is 9. The van der Waals surface area contributed by atoms with E-state index >= 15 is 0 Å². The van der Waals surface area contributed by atoms with Crippen LogP contribution in [0, 0.1) is 0 Å². The molecule has 1 heterocycles. The maximum Gasteiger partial charge on any atom is 0.345 e. The number of anilines is 2. The number of carbonyl (C=O) groups excluding carboxylic acids is 1. The van der Waals surface area contributed by atoms with Crippen molar-refractivity contribution in [1.82, 2.24) is 15.3 Å². The van der Waals surface area contributed by atoms with Gasteiger partial charge in [0.1, 0.15) is 11.4 Å². The van der Waals surface area contributed by atoms with Gasteiger partial charge in [-0.2, -0.15) is 13.8 Å². The number of halogens is 2. The largest absolute Gasteiger partial charge is 0.367 e. The highest BCUT2D eigenvalue weighted by atomic mass is 19.3. The SMILES string of the molecule is O=C(NC1CCCCC1)c1cnc(NCCOC(F)F)nc1NC1CCCCC1. The molecule has 0 spiro atoms. The van der Waals surface area contributed by atoms with E-state index in [0.717, 1.165) is 51.4 Å². The number of hydrogen-bond donors (Lipinski definition) is 3. The molecule has 7 nitrogen and oxygen atoms in total. The molecule has 3 rings (SSSR count). The molecule has 1 amide bonds. The Morgan fingerprint density at radius 2 is 1.72 bits per heavy atom. The molecule has 2 fully saturated rings. The van der Waals surface area contributed by atoms with Crippen molar-refractivity contribution in [2.24, 2.45) is 0 Å². The molecule has 0 bridgehead atoms. The maximum atomic E-state index is 12.9. The number of hydrogen-bond acceptors (Lipinski definition) is 6. The van der Waals surface area contributed by atoms with Gasteiger partial charge in [0.15, 0.2) is 0 Å². The Hall–Kier alpha value is -2.03. The van der Waals surface area contributed by atoms with Crippen molar-refractivity contribution in [2.75, 3.05) is 23.8 Å². The molecule has 2 aliphatic rings. The average Bonchev–Trinajstić information content (AvgIpc) is 2.73. The lowest BCUT2D eigenvalue weighted by Gasteiger charge is -2.26. The lowest BCUT2D eigenvalue weighted by atomic mass is 9.95. The molecule has 2 saturated carbocycles. The third-order valence-corrected chi connectivity index (χ3v) is 5.55. The van der Waals surface area contributed by atoms with E-state index in [4.69, 9.17) is 0 Å². The molecule has 0 unspecified atom stereocenters. The van der Waals surface area contributed by atoms with Crippen LogP contribution in [0.25, 0.3) is 0 Å². The summed E-state index contributed by atoms with van der Waals surface area (Å²) < 4.78 is 28.4. The summed E-state index contributed by atoms with van der Waals surface area (Å²) in [6.07, 6.45) is 12.6. The number of carbonyl (C=O) groups is 1. The van der Waals surface area contributed by atoms with Crippen LogP contribution >= 0.6 is 0 Å². The van der Waals surface area contributed by atoms with E-state index in [0.29, 0.717) is 11.4 Å². The van der Waals surface area contributed by atoms with E-state index in [1.807, 2.05) is 0 Å². The van der Waals surface area contributed by atoms with Crippen molar-refractivity contribution < 1.29 is 18.3 Å². The highest BCUT2D eigenvalue weighted by Crippen LogP contribution is 2.24. The van der Waals surface area contributed by atoms with Crippen LogP contribution in [0.4, 0.5) is 20.5 Å². The van der Waals surface area contributed by atoms with Crippen molar-refractivity contribution in [2.45, 2.75) is 82.9 Å². The molecule has 0 aromatic carbocycles. The Balaban J connectivity index is 1.67. The molecule has 2 aliphatic carbocycles. The fourth-order valence-electron chi connectivity index (χ4n) is 4.00. The second-order valence-corrected chi connectivity index (χ2v) is 7.80. The van der Waals surface area contributed by atoms with Gasteiger partial charge in [-0.05, 0) is 25.7 Å². The van der Waals surface area contributed by atoms with Crippen LogP contribution in [0.15, 0.2) is 6.20 Å². The van der Waals surface area contributed by atoms with E-state index in [1.54, 1.807) is 0 Å². The van der Waals surface area contributed by atoms with Gasteiger partial charge >= 0.3 is 6.61 Å². The first kappa shape index (κ1) is 21.7. The minimum atomic E-state index is -2.80. The number of amides is 1. The number of ether oxygens (including phenoxy) is 1. The third kappa shape index (κ3) is 7.06. The zero-order valence-corrected chi connectivity index (χ0v) is 16.8. The predicted molar refractivity (Wildman–Crippen MR) is 107 cm³/mol. The number of nitrogens with one attached hydrogen (secondary N) is 3. The normalized spacial score (nSPS) is 18.6. The van der Waals surface area contributed by atoms with Gasteiger partial charge in [0.05, 0.1) is 6.61 Å². The molecular formula is C20H31F2N5O2. The van der Waals surface area contributed by atoms with Gasteiger partial charge in [0, 0.05) is 24.8 Å². The van der Waals surface area contributed by atoms with Gasteiger partial charge in [0.25, 0.3) is 5.91 Å². The minimum absolute atomic E-state index is 0.154. The Kier molecular flexibility index (Phi) is 8.39. The van der Waals surface area contributed by atoms with Crippen molar-refractivity contribution in [1.29, 1.82) is 0 Å². The van der Waals surface area contributed by atoms with Crippen LogP contribution in [0.2, 0.25) is 0 Å². The molecule has 0 atom stereocenters. The zero-order chi connectivity index (χ0) is 20.5. The first-order chi connectivity index (χ1) is 14.1. The molecule has 3 N–H and O–H groups in total. The quantitative estimate of drug-likeness (QED) is 0.534. The van der Waals surface area contributed by atoms with Crippen LogP contribution in [-0.2, 0) is 4.74 Å². The van der Waals surface area contributed by atoms with E-state index in [2.05, 4.69) is 30.7 Å². The number of nitrogens with zero attached hydrogens (tertiary/aromatic N) is 2. The summed E-state index contributed by atoms with van der Waals surface area (Å²) in [5.74, 6) is 0.621. The predicted octanol–water partition coefficient (Wildman–Crippen LogP) is 3.93. The Morgan fingerprint density at radius 1 is 1.07 bits per heavy atom. The number of aromatic nitrogens is 2. The lowest BCUT2D eigenvalue weighted by Crippen LogP contribution is -2.37. The van der Waals surface area contributed by atoms with Gasteiger partial charge in [0.2, 0.25) is 5.95 Å². The van der Waals surface area contributed by atoms with Crippen LogP contribution in [0.5, 0.6) is 0 Å². The standard InChI is InChI=1S/C20H31F2N5O2/c21-19(22)29-12-11-23-20-24-13-16(18(28)26-15-9-5-2-6-10-15)17(27-20)25-14-7-3-1-4-8-14/h13-15,19H,1-12H2,(H,26,28)(H2,23,24,25,27). The lowest BCUT2D eigenvalue weighted by molar-refractivity contribution is -0.125. The second-order valence-electron chi connectivity index (χ2n) is 7.80. The number of alkyl halides is 2. The Morgan fingerprint density at radius 3 is 2.38 bits per heavy atom. The first-order valence-corrected chi connectivity index (χ1v) is 10.7. The van der Waals surface area contributed by atoms with Gasteiger partial charge in [-0.1, -0.05) is 38.5 Å². The molecule has 9 heteroatoms. The fraction of sp³-hybridized carbons (Fsp3) is 0.750. The summed E-state index contributed by atoms with van der Waals surface area (Å²) in [5, 5.41) is 9.40. The van der Waals surface area contributed by atoms with Gasteiger partial charge < -0.3 is 20.7 Å². The van der Waals surface area contributed by atoms with Crippen molar-refractivity contribution in [3.05, 3.63) is 11.8 Å². The summed E-state index contributed by atoms with van der Waals surface area (Å²) in [6, 6.07) is 0.470. The Bertz CT molecular complexity index is 650. The second kappa shape index (κ2) is 11.2. The molecule has 1 aromatic heterocycles.